The highest BCUT2D eigenvalue weighted by atomic mass is 127. The molecule has 1 N–H and O–H groups in total. The highest BCUT2D eigenvalue weighted by Crippen LogP contribution is 2.17. The Labute approximate surface area is 175 Å². The average molecular weight is 489 g/mol. The topological polar surface area (TPSA) is 43.8 Å². The number of benzene rings is 1. The summed E-state index contributed by atoms with van der Waals surface area (Å²) in [6.45, 7) is 6.45. The van der Waals surface area contributed by atoms with E-state index in [0.29, 0.717) is 0 Å². The second-order valence-electron chi connectivity index (χ2n) is 6.03. The van der Waals surface area contributed by atoms with Crippen molar-refractivity contribution in [3.05, 3.63) is 46.2 Å². The zero-order chi connectivity index (χ0) is 17.6. The summed E-state index contributed by atoms with van der Waals surface area (Å²) in [5, 5.41) is 6.65. The van der Waals surface area contributed by atoms with Crippen LogP contribution in [0, 0.1) is 12.7 Å². The third kappa shape index (κ3) is 5.54. The Hall–Kier alpha value is -1.42. The molecule has 0 amide bonds. The van der Waals surface area contributed by atoms with E-state index < -0.39 is 0 Å². The molecule has 0 aliphatic carbocycles. The molecule has 0 bridgehead atoms. The van der Waals surface area contributed by atoms with Crippen LogP contribution in [-0.4, -0.2) is 55.6 Å². The number of piperazine rings is 1. The zero-order valence-corrected chi connectivity index (χ0v) is 18.3. The van der Waals surface area contributed by atoms with E-state index in [9.17, 15) is 4.39 Å². The van der Waals surface area contributed by atoms with Crippen molar-refractivity contribution in [2.45, 2.75) is 13.3 Å². The fourth-order valence-electron chi connectivity index (χ4n) is 2.99. The number of rotatable bonds is 4. The van der Waals surface area contributed by atoms with Crippen LogP contribution in [0.1, 0.15) is 10.7 Å². The molecule has 3 rings (SSSR count). The van der Waals surface area contributed by atoms with Crippen molar-refractivity contribution in [3.63, 3.8) is 0 Å². The van der Waals surface area contributed by atoms with Crippen LogP contribution in [-0.2, 0) is 6.42 Å². The molecule has 2 aromatic rings. The van der Waals surface area contributed by atoms with Crippen molar-refractivity contribution in [1.82, 2.24) is 15.2 Å². The lowest BCUT2D eigenvalue weighted by molar-refractivity contribution is 0.373. The molecule has 1 fully saturated rings. The predicted molar refractivity (Wildman–Crippen MR) is 118 cm³/mol. The molecule has 0 unspecified atom stereocenters. The van der Waals surface area contributed by atoms with Gasteiger partial charge in [-0.15, -0.1) is 35.3 Å². The molecule has 0 atom stereocenters. The van der Waals surface area contributed by atoms with Gasteiger partial charge in [0.2, 0.25) is 0 Å². The highest BCUT2D eigenvalue weighted by molar-refractivity contribution is 14.0. The Bertz CT molecular complexity index is 711. The van der Waals surface area contributed by atoms with Gasteiger partial charge in [0.05, 0.1) is 10.7 Å². The molecular formula is C18H25FIN5S. The van der Waals surface area contributed by atoms with Gasteiger partial charge in [0.25, 0.3) is 0 Å². The first-order valence-corrected chi connectivity index (χ1v) is 9.41. The lowest BCUT2D eigenvalue weighted by Gasteiger charge is -2.37. The smallest absolute Gasteiger partial charge is 0.193 e. The molecule has 26 heavy (non-hydrogen) atoms. The summed E-state index contributed by atoms with van der Waals surface area (Å²) < 4.78 is 13.1. The van der Waals surface area contributed by atoms with Crippen LogP contribution >= 0.6 is 35.3 Å². The summed E-state index contributed by atoms with van der Waals surface area (Å²) in [6, 6.07) is 6.71. The largest absolute Gasteiger partial charge is 0.368 e. The van der Waals surface area contributed by atoms with Crippen molar-refractivity contribution < 1.29 is 4.39 Å². The molecule has 0 radical (unpaired) electrons. The van der Waals surface area contributed by atoms with Crippen molar-refractivity contribution in [2.75, 3.05) is 44.7 Å². The molecule has 5 nitrogen and oxygen atoms in total. The van der Waals surface area contributed by atoms with E-state index in [1.165, 1.54) is 12.1 Å². The Morgan fingerprint density at radius 3 is 2.50 bits per heavy atom. The van der Waals surface area contributed by atoms with Gasteiger partial charge in [-0.2, -0.15) is 0 Å². The molecule has 0 spiro atoms. The normalized spacial score (nSPS) is 15.0. The number of thiazole rings is 1. The summed E-state index contributed by atoms with van der Waals surface area (Å²) in [5.74, 6) is 0.744. The summed E-state index contributed by atoms with van der Waals surface area (Å²) >= 11 is 1.69. The Balaban J connectivity index is 0.00000243. The zero-order valence-electron chi connectivity index (χ0n) is 15.1. The monoisotopic (exact) mass is 489 g/mol. The van der Waals surface area contributed by atoms with E-state index in [-0.39, 0.29) is 29.8 Å². The van der Waals surface area contributed by atoms with E-state index in [2.05, 4.69) is 30.5 Å². The van der Waals surface area contributed by atoms with Gasteiger partial charge in [-0.3, -0.25) is 4.99 Å². The molecule has 0 saturated carbocycles. The Morgan fingerprint density at radius 2 is 1.92 bits per heavy atom. The van der Waals surface area contributed by atoms with Gasteiger partial charge in [0.15, 0.2) is 5.96 Å². The molecule has 8 heteroatoms. The minimum absolute atomic E-state index is 0. The maximum atomic E-state index is 13.1. The molecule has 142 valence electrons. The first kappa shape index (κ1) is 20.9. The second kappa shape index (κ2) is 10.1. The van der Waals surface area contributed by atoms with Crippen LogP contribution in [0.5, 0.6) is 0 Å². The van der Waals surface area contributed by atoms with Crippen molar-refractivity contribution >= 4 is 47.0 Å². The molecule has 1 aromatic heterocycles. The standard InChI is InChI=1S/C18H24FN5S.HI/c1-14-22-16(13-25-14)7-8-21-18(20-2)24-11-9-23(10-12-24)17-5-3-15(19)4-6-17;/h3-6,13H,7-12H2,1-2H3,(H,20,21);1H. The average Bonchev–Trinajstić information content (AvgIpc) is 3.05. The van der Waals surface area contributed by atoms with Crippen LogP contribution in [0.3, 0.4) is 0 Å². The van der Waals surface area contributed by atoms with Crippen LogP contribution < -0.4 is 10.2 Å². The number of hydrogen-bond donors (Lipinski definition) is 1. The first-order valence-electron chi connectivity index (χ1n) is 8.53. The number of nitrogens with one attached hydrogen (secondary N) is 1. The number of anilines is 1. The molecule has 1 saturated heterocycles. The third-order valence-electron chi connectivity index (χ3n) is 4.31. The Kier molecular flexibility index (Phi) is 8.08. The summed E-state index contributed by atoms with van der Waals surface area (Å²) in [5.41, 5.74) is 2.20. The van der Waals surface area contributed by atoms with E-state index in [4.69, 9.17) is 0 Å². The molecule has 1 aromatic carbocycles. The highest BCUT2D eigenvalue weighted by Gasteiger charge is 2.19. The van der Waals surface area contributed by atoms with Gasteiger partial charge in [-0.05, 0) is 31.2 Å². The fourth-order valence-corrected chi connectivity index (χ4v) is 3.63. The van der Waals surface area contributed by atoms with Crippen molar-refractivity contribution in [2.24, 2.45) is 4.99 Å². The van der Waals surface area contributed by atoms with Gasteiger partial charge in [0.1, 0.15) is 5.82 Å². The maximum absolute atomic E-state index is 13.1. The van der Waals surface area contributed by atoms with E-state index in [0.717, 1.165) is 61.5 Å². The lowest BCUT2D eigenvalue weighted by Crippen LogP contribution is -2.52. The molecular weight excluding hydrogens is 464 g/mol. The number of guanidine groups is 1. The fraction of sp³-hybridized carbons (Fsp3) is 0.444. The van der Waals surface area contributed by atoms with Crippen LogP contribution in [0.15, 0.2) is 34.6 Å². The van der Waals surface area contributed by atoms with Gasteiger partial charge in [-0.25, -0.2) is 9.37 Å². The first-order chi connectivity index (χ1) is 12.2. The van der Waals surface area contributed by atoms with Gasteiger partial charge in [0, 0.05) is 57.3 Å². The quantitative estimate of drug-likeness (QED) is 0.407. The summed E-state index contributed by atoms with van der Waals surface area (Å²) in [4.78, 5) is 13.4. The van der Waals surface area contributed by atoms with Crippen LogP contribution in [0.4, 0.5) is 10.1 Å². The molecule has 1 aliphatic rings. The number of halogens is 2. The van der Waals surface area contributed by atoms with Gasteiger partial charge >= 0.3 is 0 Å². The third-order valence-corrected chi connectivity index (χ3v) is 5.14. The number of nitrogens with zero attached hydrogens (tertiary/aromatic N) is 4. The maximum Gasteiger partial charge on any atom is 0.193 e. The van der Waals surface area contributed by atoms with E-state index >= 15 is 0 Å². The second-order valence-corrected chi connectivity index (χ2v) is 7.09. The number of aromatic nitrogens is 1. The van der Waals surface area contributed by atoms with E-state index in [1.54, 1.807) is 11.3 Å². The van der Waals surface area contributed by atoms with Crippen LogP contribution in [0.25, 0.3) is 0 Å². The van der Waals surface area contributed by atoms with Gasteiger partial charge in [-0.1, -0.05) is 0 Å². The molecule has 1 aliphatic heterocycles. The number of aryl methyl sites for hydroxylation is 1. The molecule has 2 heterocycles. The van der Waals surface area contributed by atoms with Gasteiger partial charge < -0.3 is 15.1 Å². The minimum Gasteiger partial charge on any atom is -0.368 e. The number of aliphatic imine (C=N–C) groups is 1. The van der Waals surface area contributed by atoms with Crippen LogP contribution in [0.2, 0.25) is 0 Å². The minimum atomic E-state index is -0.192. The summed E-state index contributed by atoms with van der Waals surface area (Å²) in [6.07, 6.45) is 0.902. The Morgan fingerprint density at radius 1 is 1.23 bits per heavy atom. The lowest BCUT2D eigenvalue weighted by atomic mass is 10.2. The number of hydrogen-bond acceptors (Lipinski definition) is 4. The SMILES string of the molecule is CN=C(NCCc1csc(C)n1)N1CCN(c2ccc(F)cc2)CC1.I. The van der Waals surface area contributed by atoms with Crippen molar-refractivity contribution in [3.8, 4) is 0 Å². The van der Waals surface area contributed by atoms with E-state index in [1.807, 2.05) is 26.1 Å². The summed E-state index contributed by atoms with van der Waals surface area (Å²) in [7, 11) is 1.82. The predicted octanol–water partition coefficient (Wildman–Crippen LogP) is 3.15. The van der Waals surface area contributed by atoms with Crippen molar-refractivity contribution in [1.29, 1.82) is 0 Å².